The Morgan fingerprint density at radius 2 is 1.81 bits per heavy atom. The molecule has 26 heavy (non-hydrogen) atoms. The average molecular weight is 357 g/mol. The highest BCUT2D eigenvalue weighted by Crippen LogP contribution is 2.25. The second-order valence-corrected chi connectivity index (χ2v) is 6.39. The third-order valence-electron chi connectivity index (χ3n) is 4.85. The van der Waals surface area contributed by atoms with Crippen LogP contribution in [0.1, 0.15) is 39.3 Å². The minimum atomic E-state index is -0.390. The van der Waals surface area contributed by atoms with Gasteiger partial charge in [0.05, 0.1) is 27.0 Å². The summed E-state index contributed by atoms with van der Waals surface area (Å²) in [6, 6.07) is 8.89. The lowest BCUT2D eigenvalue weighted by molar-refractivity contribution is 0.0595. The van der Waals surface area contributed by atoms with Gasteiger partial charge in [-0.1, -0.05) is 0 Å². The molecule has 1 aromatic heterocycles. The van der Waals surface area contributed by atoms with E-state index in [1.807, 2.05) is 24.3 Å². The molecular weight excluding hydrogens is 334 g/mol. The number of likely N-dealkylation sites (tertiary alicyclic amines) is 1. The number of carbonyl (C=O) groups excluding carboxylic acids is 2. The van der Waals surface area contributed by atoms with Crippen molar-refractivity contribution in [3.63, 3.8) is 0 Å². The fourth-order valence-corrected chi connectivity index (χ4v) is 3.30. The number of ketones is 1. The second-order valence-electron chi connectivity index (χ2n) is 6.39. The highest BCUT2D eigenvalue weighted by molar-refractivity contribution is 5.98. The van der Waals surface area contributed by atoms with Crippen molar-refractivity contribution in [2.24, 2.45) is 5.92 Å². The largest absolute Gasteiger partial charge is 0.497 e. The first-order valence-electron chi connectivity index (χ1n) is 8.67. The van der Waals surface area contributed by atoms with E-state index < -0.39 is 5.97 Å². The summed E-state index contributed by atoms with van der Waals surface area (Å²) >= 11 is 0. The summed E-state index contributed by atoms with van der Waals surface area (Å²) in [5, 5.41) is 0. The molecule has 0 saturated carbocycles. The summed E-state index contributed by atoms with van der Waals surface area (Å²) in [7, 11) is 2.96. The number of Topliss-reactive ketones (excluding diaryl/α,β-unsaturated/α-hetero) is 1. The molecule has 0 atom stereocenters. The molecule has 0 unspecified atom stereocenters. The maximum Gasteiger partial charge on any atom is 0.341 e. The van der Waals surface area contributed by atoms with Crippen LogP contribution in [0.2, 0.25) is 0 Å². The van der Waals surface area contributed by atoms with Gasteiger partial charge in [0, 0.05) is 11.5 Å². The van der Waals surface area contributed by atoms with E-state index in [9.17, 15) is 9.59 Å². The van der Waals surface area contributed by atoms with E-state index in [4.69, 9.17) is 13.9 Å². The van der Waals surface area contributed by atoms with Gasteiger partial charge in [-0.2, -0.15) is 0 Å². The smallest absolute Gasteiger partial charge is 0.341 e. The van der Waals surface area contributed by atoms with Gasteiger partial charge in [0.15, 0.2) is 5.78 Å². The summed E-state index contributed by atoms with van der Waals surface area (Å²) in [5.41, 5.74) is 1.19. The third kappa shape index (κ3) is 3.96. The second kappa shape index (κ2) is 8.19. The molecule has 6 heteroatoms. The Bertz CT molecular complexity index is 757. The van der Waals surface area contributed by atoms with Crippen molar-refractivity contribution in [3.05, 3.63) is 53.5 Å². The molecule has 2 aromatic rings. The van der Waals surface area contributed by atoms with Crippen LogP contribution in [-0.4, -0.2) is 44.0 Å². The molecule has 0 bridgehead atoms. The monoisotopic (exact) mass is 357 g/mol. The van der Waals surface area contributed by atoms with Crippen LogP contribution in [-0.2, 0) is 11.3 Å². The fraction of sp³-hybridized carbons (Fsp3) is 0.400. The summed E-state index contributed by atoms with van der Waals surface area (Å²) < 4.78 is 15.3. The lowest BCUT2D eigenvalue weighted by Gasteiger charge is -2.30. The normalized spacial score (nSPS) is 15.6. The Morgan fingerprint density at radius 1 is 1.12 bits per heavy atom. The van der Waals surface area contributed by atoms with E-state index in [0.29, 0.717) is 17.9 Å². The van der Waals surface area contributed by atoms with Crippen molar-refractivity contribution < 1.29 is 23.5 Å². The number of methoxy groups -OCH3 is 2. The predicted octanol–water partition coefficient (Wildman–Crippen LogP) is 3.17. The van der Waals surface area contributed by atoms with Gasteiger partial charge in [0.25, 0.3) is 0 Å². The maximum absolute atomic E-state index is 12.7. The van der Waals surface area contributed by atoms with E-state index in [2.05, 4.69) is 4.90 Å². The topological polar surface area (TPSA) is 69.0 Å². The van der Waals surface area contributed by atoms with Crippen LogP contribution < -0.4 is 4.74 Å². The van der Waals surface area contributed by atoms with Gasteiger partial charge >= 0.3 is 5.97 Å². The number of ether oxygens (including phenoxy) is 2. The number of benzene rings is 1. The van der Waals surface area contributed by atoms with Crippen LogP contribution in [0.3, 0.4) is 0 Å². The zero-order valence-electron chi connectivity index (χ0n) is 15.1. The van der Waals surface area contributed by atoms with Crippen LogP contribution in [0.4, 0.5) is 0 Å². The highest BCUT2D eigenvalue weighted by atomic mass is 16.5. The summed E-state index contributed by atoms with van der Waals surface area (Å²) in [5.74, 6) is 1.17. The first-order chi connectivity index (χ1) is 12.6. The van der Waals surface area contributed by atoms with Crippen LogP contribution in [0, 0.1) is 5.92 Å². The SMILES string of the molecule is COC(=O)c1ccoc1CN1CCC(C(=O)c2ccc(OC)cc2)CC1. The van der Waals surface area contributed by atoms with E-state index >= 15 is 0 Å². The predicted molar refractivity (Wildman–Crippen MR) is 95.4 cm³/mol. The van der Waals surface area contributed by atoms with Crippen LogP contribution in [0.15, 0.2) is 41.0 Å². The highest BCUT2D eigenvalue weighted by Gasteiger charge is 2.27. The number of piperidine rings is 1. The molecule has 0 amide bonds. The molecule has 1 fully saturated rings. The number of nitrogens with zero attached hydrogens (tertiary/aromatic N) is 1. The lowest BCUT2D eigenvalue weighted by Crippen LogP contribution is -2.36. The standard InChI is InChI=1S/C20H23NO5/c1-24-16-5-3-14(4-6-16)19(22)15-7-10-21(11-8-15)13-18-17(9-12-26-18)20(23)25-2/h3-6,9,12,15H,7-8,10-11,13H2,1-2H3. The van der Waals surface area contributed by atoms with Crippen molar-refractivity contribution in [1.82, 2.24) is 4.90 Å². The molecule has 1 saturated heterocycles. The zero-order chi connectivity index (χ0) is 18.5. The van der Waals surface area contributed by atoms with E-state index in [1.54, 1.807) is 13.2 Å². The van der Waals surface area contributed by atoms with Crippen molar-refractivity contribution in [1.29, 1.82) is 0 Å². The number of esters is 1. The zero-order valence-corrected chi connectivity index (χ0v) is 15.1. The molecule has 1 aromatic carbocycles. The molecule has 0 spiro atoms. The molecule has 6 nitrogen and oxygen atoms in total. The van der Waals surface area contributed by atoms with E-state index in [-0.39, 0.29) is 11.7 Å². The first-order valence-corrected chi connectivity index (χ1v) is 8.67. The molecular formula is C20H23NO5. The molecule has 1 aliphatic heterocycles. The van der Waals surface area contributed by atoms with Gasteiger partial charge in [-0.15, -0.1) is 0 Å². The molecule has 2 heterocycles. The quantitative estimate of drug-likeness (QED) is 0.584. The van der Waals surface area contributed by atoms with Gasteiger partial charge in [0.1, 0.15) is 17.1 Å². The molecule has 1 aliphatic rings. The Labute approximate surface area is 152 Å². The Morgan fingerprint density at radius 3 is 2.42 bits per heavy atom. The van der Waals surface area contributed by atoms with Gasteiger partial charge < -0.3 is 13.9 Å². The Kier molecular flexibility index (Phi) is 5.73. The Hall–Kier alpha value is -2.60. The van der Waals surface area contributed by atoms with E-state index in [0.717, 1.165) is 37.2 Å². The lowest BCUT2D eigenvalue weighted by atomic mass is 9.89. The maximum atomic E-state index is 12.7. The molecule has 0 N–H and O–H groups in total. The average Bonchev–Trinajstić information content (AvgIpc) is 3.15. The van der Waals surface area contributed by atoms with Crippen molar-refractivity contribution in [2.75, 3.05) is 27.3 Å². The van der Waals surface area contributed by atoms with Gasteiger partial charge in [0.2, 0.25) is 0 Å². The third-order valence-corrected chi connectivity index (χ3v) is 4.85. The summed E-state index contributed by atoms with van der Waals surface area (Å²) in [4.78, 5) is 26.6. The summed E-state index contributed by atoms with van der Waals surface area (Å²) in [6.45, 7) is 2.11. The first kappa shape index (κ1) is 18.2. The minimum Gasteiger partial charge on any atom is -0.497 e. The Balaban J connectivity index is 1.56. The van der Waals surface area contributed by atoms with Crippen molar-refractivity contribution in [2.45, 2.75) is 19.4 Å². The van der Waals surface area contributed by atoms with Gasteiger partial charge in [-0.3, -0.25) is 9.69 Å². The van der Waals surface area contributed by atoms with Crippen LogP contribution in [0.25, 0.3) is 0 Å². The summed E-state index contributed by atoms with van der Waals surface area (Å²) in [6.07, 6.45) is 3.08. The number of furan rings is 1. The van der Waals surface area contributed by atoms with Gasteiger partial charge in [-0.05, 0) is 56.3 Å². The fourth-order valence-electron chi connectivity index (χ4n) is 3.30. The number of hydrogen-bond acceptors (Lipinski definition) is 6. The van der Waals surface area contributed by atoms with Gasteiger partial charge in [-0.25, -0.2) is 4.79 Å². The molecule has 138 valence electrons. The number of hydrogen-bond donors (Lipinski definition) is 0. The minimum absolute atomic E-state index is 0.0244. The number of rotatable bonds is 6. The molecule has 3 rings (SSSR count). The van der Waals surface area contributed by atoms with Crippen LogP contribution in [0.5, 0.6) is 5.75 Å². The van der Waals surface area contributed by atoms with Crippen LogP contribution >= 0.6 is 0 Å². The molecule has 0 aliphatic carbocycles. The number of carbonyl (C=O) groups is 2. The van der Waals surface area contributed by atoms with E-state index in [1.165, 1.54) is 13.4 Å². The van der Waals surface area contributed by atoms with Crippen molar-refractivity contribution >= 4 is 11.8 Å². The van der Waals surface area contributed by atoms with Crippen molar-refractivity contribution in [3.8, 4) is 5.75 Å². The molecule has 0 radical (unpaired) electrons.